The van der Waals surface area contributed by atoms with Gasteiger partial charge in [0.15, 0.2) is 0 Å². The Morgan fingerprint density at radius 3 is 2.50 bits per heavy atom. The van der Waals surface area contributed by atoms with E-state index in [4.69, 9.17) is 5.73 Å². The van der Waals surface area contributed by atoms with Crippen LogP contribution in [0.15, 0.2) is 41.3 Å². The highest BCUT2D eigenvalue weighted by atomic mass is 32.2. The van der Waals surface area contributed by atoms with E-state index in [1.165, 1.54) is 12.1 Å². The molecule has 3 N–H and O–H groups in total. The van der Waals surface area contributed by atoms with Crippen molar-refractivity contribution in [1.29, 1.82) is 0 Å². The number of nitrogen functional groups attached to an aromatic ring is 1. The van der Waals surface area contributed by atoms with Gasteiger partial charge in [0, 0.05) is 5.69 Å². The smallest absolute Gasteiger partial charge is 0.262 e. The van der Waals surface area contributed by atoms with Crippen LogP contribution in [0, 0.1) is 19.7 Å². The minimum absolute atomic E-state index is 0.124. The number of aryl methyl sites for hydroxylation is 2. The summed E-state index contributed by atoms with van der Waals surface area (Å²) in [4.78, 5) is 0.124. The maximum absolute atomic E-state index is 13.6. The molecule has 0 aromatic heterocycles. The zero-order chi connectivity index (χ0) is 14.9. The van der Waals surface area contributed by atoms with Crippen molar-refractivity contribution in [3.63, 3.8) is 0 Å². The standard InChI is InChI=1S/C14H15FN2O2S/c1-9-3-4-10(2)14(7-9)20(18,19)17-13-8-11(16)5-6-12(13)15/h3-8,17H,16H2,1-2H3. The van der Waals surface area contributed by atoms with Crippen molar-refractivity contribution < 1.29 is 12.8 Å². The molecule has 6 heteroatoms. The van der Waals surface area contributed by atoms with Gasteiger partial charge in [-0.15, -0.1) is 0 Å². The molecule has 4 nitrogen and oxygen atoms in total. The topological polar surface area (TPSA) is 72.2 Å². The third kappa shape index (κ3) is 2.91. The maximum Gasteiger partial charge on any atom is 0.262 e. The Labute approximate surface area is 117 Å². The van der Waals surface area contributed by atoms with Crippen molar-refractivity contribution >= 4 is 21.4 Å². The quantitative estimate of drug-likeness (QED) is 0.855. The second kappa shape index (κ2) is 5.13. The van der Waals surface area contributed by atoms with Gasteiger partial charge in [-0.2, -0.15) is 0 Å². The molecule has 0 heterocycles. The average Bonchev–Trinajstić information content (AvgIpc) is 2.36. The molecular weight excluding hydrogens is 279 g/mol. The summed E-state index contributed by atoms with van der Waals surface area (Å²) in [5.74, 6) is -0.673. The molecule has 0 unspecified atom stereocenters. The number of halogens is 1. The van der Waals surface area contributed by atoms with E-state index in [0.29, 0.717) is 5.56 Å². The highest BCUT2D eigenvalue weighted by Gasteiger charge is 2.18. The van der Waals surface area contributed by atoms with Crippen molar-refractivity contribution in [2.24, 2.45) is 0 Å². The molecule has 2 rings (SSSR count). The molecule has 0 fully saturated rings. The monoisotopic (exact) mass is 294 g/mol. The van der Waals surface area contributed by atoms with E-state index in [-0.39, 0.29) is 16.3 Å². The van der Waals surface area contributed by atoms with Crippen LogP contribution in [0.3, 0.4) is 0 Å². The summed E-state index contributed by atoms with van der Waals surface area (Å²) in [7, 11) is -3.85. The van der Waals surface area contributed by atoms with Gasteiger partial charge in [-0.05, 0) is 49.2 Å². The van der Waals surface area contributed by atoms with Gasteiger partial charge < -0.3 is 5.73 Å². The number of anilines is 2. The lowest BCUT2D eigenvalue weighted by molar-refractivity contribution is 0.598. The van der Waals surface area contributed by atoms with Crippen LogP contribution in [-0.4, -0.2) is 8.42 Å². The van der Waals surface area contributed by atoms with E-state index in [1.54, 1.807) is 26.0 Å². The molecule has 0 aliphatic heterocycles. The van der Waals surface area contributed by atoms with Crippen LogP contribution in [0.2, 0.25) is 0 Å². The predicted octanol–water partition coefficient (Wildman–Crippen LogP) is 2.83. The van der Waals surface area contributed by atoms with Crippen molar-refractivity contribution in [3.05, 3.63) is 53.3 Å². The van der Waals surface area contributed by atoms with Gasteiger partial charge in [-0.25, -0.2) is 12.8 Å². The zero-order valence-corrected chi connectivity index (χ0v) is 12.0. The van der Waals surface area contributed by atoms with Crippen LogP contribution in [0.25, 0.3) is 0 Å². The summed E-state index contributed by atoms with van der Waals surface area (Å²) in [6.07, 6.45) is 0. The molecule has 0 radical (unpaired) electrons. The molecular formula is C14H15FN2O2S. The van der Waals surface area contributed by atoms with E-state index in [0.717, 1.165) is 11.6 Å². The van der Waals surface area contributed by atoms with Crippen LogP contribution in [0.4, 0.5) is 15.8 Å². The lowest BCUT2D eigenvalue weighted by Gasteiger charge is -2.12. The highest BCUT2D eigenvalue weighted by Crippen LogP contribution is 2.23. The summed E-state index contributed by atoms with van der Waals surface area (Å²) in [5.41, 5.74) is 7.06. The first-order chi connectivity index (χ1) is 9.29. The van der Waals surface area contributed by atoms with Crippen molar-refractivity contribution in [2.45, 2.75) is 18.7 Å². The average molecular weight is 294 g/mol. The van der Waals surface area contributed by atoms with E-state index < -0.39 is 15.8 Å². The van der Waals surface area contributed by atoms with E-state index in [1.807, 2.05) is 6.07 Å². The Hall–Kier alpha value is -2.08. The first-order valence-electron chi connectivity index (χ1n) is 5.95. The van der Waals surface area contributed by atoms with E-state index >= 15 is 0 Å². The van der Waals surface area contributed by atoms with E-state index in [9.17, 15) is 12.8 Å². The summed E-state index contributed by atoms with van der Waals surface area (Å²) < 4.78 is 40.5. The molecule has 0 aliphatic carbocycles. The molecule has 0 aliphatic rings. The Morgan fingerprint density at radius 2 is 1.80 bits per heavy atom. The van der Waals surface area contributed by atoms with Gasteiger partial charge in [-0.3, -0.25) is 4.72 Å². The number of rotatable bonds is 3. The Kier molecular flexibility index (Phi) is 3.67. The summed E-state index contributed by atoms with van der Waals surface area (Å²) >= 11 is 0. The Bertz CT molecular complexity index is 758. The molecule has 0 atom stereocenters. The lowest BCUT2D eigenvalue weighted by atomic mass is 10.2. The fourth-order valence-electron chi connectivity index (χ4n) is 1.82. The van der Waals surface area contributed by atoms with Crippen LogP contribution < -0.4 is 10.5 Å². The molecule has 2 aromatic carbocycles. The van der Waals surface area contributed by atoms with Crippen LogP contribution in [0.1, 0.15) is 11.1 Å². The molecule has 106 valence electrons. The van der Waals surface area contributed by atoms with Crippen molar-refractivity contribution in [2.75, 3.05) is 10.5 Å². The summed E-state index contributed by atoms with van der Waals surface area (Å²) in [5, 5.41) is 0. The molecule has 2 aromatic rings. The van der Waals surface area contributed by atoms with Crippen LogP contribution in [0.5, 0.6) is 0 Å². The predicted molar refractivity (Wildman–Crippen MR) is 77.5 cm³/mol. The SMILES string of the molecule is Cc1ccc(C)c(S(=O)(=O)Nc2cc(N)ccc2F)c1. The highest BCUT2D eigenvalue weighted by molar-refractivity contribution is 7.92. The van der Waals surface area contributed by atoms with Crippen molar-refractivity contribution in [3.8, 4) is 0 Å². The summed E-state index contributed by atoms with van der Waals surface area (Å²) in [6, 6.07) is 8.80. The minimum atomic E-state index is -3.85. The third-order valence-corrected chi connectivity index (χ3v) is 4.38. The maximum atomic E-state index is 13.6. The summed E-state index contributed by atoms with van der Waals surface area (Å²) in [6.45, 7) is 3.48. The van der Waals surface area contributed by atoms with Crippen LogP contribution >= 0.6 is 0 Å². The number of hydrogen-bond donors (Lipinski definition) is 2. The van der Waals surface area contributed by atoms with Gasteiger partial charge in [0.05, 0.1) is 10.6 Å². The lowest BCUT2D eigenvalue weighted by Crippen LogP contribution is -2.15. The first-order valence-corrected chi connectivity index (χ1v) is 7.43. The third-order valence-electron chi connectivity index (χ3n) is 2.87. The van der Waals surface area contributed by atoms with Gasteiger partial charge >= 0.3 is 0 Å². The molecule has 0 amide bonds. The molecule has 0 saturated heterocycles. The number of nitrogens with two attached hydrogens (primary N) is 1. The second-order valence-electron chi connectivity index (χ2n) is 4.61. The van der Waals surface area contributed by atoms with Crippen molar-refractivity contribution in [1.82, 2.24) is 0 Å². The fraction of sp³-hybridized carbons (Fsp3) is 0.143. The molecule has 0 bridgehead atoms. The van der Waals surface area contributed by atoms with Gasteiger partial charge in [0.25, 0.3) is 10.0 Å². The Morgan fingerprint density at radius 1 is 1.10 bits per heavy atom. The zero-order valence-electron chi connectivity index (χ0n) is 11.1. The number of nitrogens with one attached hydrogen (secondary N) is 1. The normalized spacial score (nSPS) is 11.3. The molecule has 20 heavy (non-hydrogen) atoms. The number of benzene rings is 2. The fourth-order valence-corrected chi connectivity index (χ4v) is 3.21. The minimum Gasteiger partial charge on any atom is -0.399 e. The van der Waals surface area contributed by atoms with Gasteiger partial charge in [0.2, 0.25) is 0 Å². The Balaban J connectivity index is 2.46. The van der Waals surface area contributed by atoms with Crippen LogP contribution in [-0.2, 0) is 10.0 Å². The largest absolute Gasteiger partial charge is 0.399 e. The second-order valence-corrected chi connectivity index (χ2v) is 6.26. The first kappa shape index (κ1) is 14.3. The molecule has 0 spiro atoms. The molecule has 0 saturated carbocycles. The number of hydrogen-bond acceptors (Lipinski definition) is 3. The van der Waals surface area contributed by atoms with Gasteiger partial charge in [0.1, 0.15) is 5.82 Å². The number of sulfonamides is 1. The van der Waals surface area contributed by atoms with Gasteiger partial charge in [-0.1, -0.05) is 12.1 Å². The van der Waals surface area contributed by atoms with E-state index in [2.05, 4.69) is 4.72 Å².